The van der Waals surface area contributed by atoms with E-state index in [0.717, 1.165) is 24.8 Å². The summed E-state index contributed by atoms with van der Waals surface area (Å²) >= 11 is 1.59. The van der Waals surface area contributed by atoms with E-state index >= 15 is 0 Å². The largest absolute Gasteiger partial charge is 0.465 e. The predicted molar refractivity (Wildman–Crippen MR) is 102 cm³/mol. The van der Waals surface area contributed by atoms with Gasteiger partial charge in [-0.25, -0.2) is 9.59 Å². The third-order valence-electron chi connectivity index (χ3n) is 4.55. The van der Waals surface area contributed by atoms with Gasteiger partial charge in [0.1, 0.15) is 0 Å². The van der Waals surface area contributed by atoms with Crippen molar-refractivity contribution >= 4 is 34.9 Å². The molecular weight excluding hydrogens is 366 g/mol. The Kier molecular flexibility index (Phi) is 5.91. The Morgan fingerprint density at radius 2 is 1.93 bits per heavy atom. The number of thiophene rings is 1. The first-order valence-corrected chi connectivity index (χ1v) is 9.60. The Bertz CT molecular complexity index is 856. The van der Waals surface area contributed by atoms with Gasteiger partial charge in [0.2, 0.25) is 0 Å². The van der Waals surface area contributed by atoms with Gasteiger partial charge in [0.05, 0.1) is 18.2 Å². The quantitative estimate of drug-likeness (QED) is 0.795. The maximum atomic E-state index is 12.3. The Labute approximate surface area is 161 Å². The van der Waals surface area contributed by atoms with E-state index in [1.165, 1.54) is 12.0 Å². The molecule has 1 amide bonds. The molecule has 0 spiro atoms. The van der Waals surface area contributed by atoms with Gasteiger partial charge in [-0.2, -0.15) is 0 Å². The molecule has 0 saturated heterocycles. The molecule has 1 N–H and O–H groups in total. The summed E-state index contributed by atoms with van der Waals surface area (Å²) in [6, 6.07) is 6.27. The minimum absolute atomic E-state index is 0.362. The maximum Gasteiger partial charge on any atom is 0.339 e. The highest BCUT2D eigenvalue weighted by Gasteiger charge is 2.24. The van der Waals surface area contributed by atoms with Crippen molar-refractivity contribution in [3.05, 3.63) is 51.2 Å². The smallest absolute Gasteiger partial charge is 0.339 e. The van der Waals surface area contributed by atoms with E-state index in [1.807, 2.05) is 5.38 Å². The maximum absolute atomic E-state index is 12.3. The van der Waals surface area contributed by atoms with Crippen LogP contribution in [0.4, 0.5) is 5.69 Å². The number of hydrogen-bond acceptors (Lipinski definition) is 6. The van der Waals surface area contributed by atoms with E-state index in [0.29, 0.717) is 22.7 Å². The normalized spacial score (nSPS) is 15.6. The molecule has 3 rings (SSSR count). The number of methoxy groups -OCH3 is 1. The first-order valence-electron chi connectivity index (χ1n) is 8.72. The fourth-order valence-electron chi connectivity index (χ4n) is 3.06. The zero-order valence-electron chi connectivity index (χ0n) is 15.2. The van der Waals surface area contributed by atoms with E-state index < -0.39 is 17.8 Å². The lowest BCUT2D eigenvalue weighted by Gasteiger charge is -2.18. The first-order chi connectivity index (χ1) is 13.0. The summed E-state index contributed by atoms with van der Waals surface area (Å²) in [6.07, 6.45) is 2.94. The van der Waals surface area contributed by atoms with E-state index in [-0.39, 0.29) is 6.61 Å². The number of benzene rings is 1. The van der Waals surface area contributed by atoms with Crippen LogP contribution in [-0.4, -0.2) is 31.6 Å². The number of carbonyl (C=O) groups excluding carboxylic acids is 3. The third-order valence-corrected chi connectivity index (χ3v) is 5.60. The van der Waals surface area contributed by atoms with Crippen LogP contribution in [0.5, 0.6) is 0 Å². The standard InChI is InChI=1S/C20H21NO5S/c1-12-3-8-15-16(11-27-17(15)9-12)20(24)26-10-18(22)21-14-6-4-13(5-7-14)19(23)25-2/h4-7,11-12H,3,8-10H2,1-2H3,(H,21,22). The minimum atomic E-state index is -0.460. The third kappa shape index (κ3) is 4.54. The van der Waals surface area contributed by atoms with Gasteiger partial charge in [-0.15, -0.1) is 11.3 Å². The Morgan fingerprint density at radius 3 is 2.63 bits per heavy atom. The molecule has 0 saturated carbocycles. The highest BCUT2D eigenvalue weighted by molar-refractivity contribution is 7.10. The van der Waals surface area contributed by atoms with Crippen LogP contribution in [0.15, 0.2) is 29.6 Å². The number of rotatable bonds is 5. The summed E-state index contributed by atoms with van der Waals surface area (Å²) in [5.41, 5.74) is 2.54. The lowest BCUT2D eigenvalue weighted by Crippen LogP contribution is -2.21. The van der Waals surface area contributed by atoms with Crippen LogP contribution in [0.25, 0.3) is 0 Å². The number of carbonyl (C=O) groups is 3. The molecule has 1 atom stereocenters. The van der Waals surface area contributed by atoms with E-state index in [1.54, 1.807) is 35.6 Å². The second kappa shape index (κ2) is 8.35. The van der Waals surface area contributed by atoms with Gasteiger partial charge in [-0.1, -0.05) is 6.92 Å². The summed E-state index contributed by atoms with van der Waals surface area (Å²) in [4.78, 5) is 37.0. The van der Waals surface area contributed by atoms with Gasteiger partial charge >= 0.3 is 11.9 Å². The van der Waals surface area contributed by atoms with Crippen molar-refractivity contribution in [2.75, 3.05) is 19.0 Å². The van der Waals surface area contributed by atoms with E-state index in [4.69, 9.17) is 4.74 Å². The molecule has 7 heteroatoms. The second-order valence-corrected chi connectivity index (χ2v) is 7.56. The molecule has 142 valence electrons. The summed E-state index contributed by atoms with van der Waals surface area (Å²) in [7, 11) is 1.30. The number of nitrogens with one attached hydrogen (secondary N) is 1. The second-order valence-electron chi connectivity index (χ2n) is 6.59. The average Bonchev–Trinajstić information content (AvgIpc) is 3.09. The summed E-state index contributed by atoms with van der Waals surface area (Å²) in [6.45, 7) is 1.85. The highest BCUT2D eigenvalue weighted by Crippen LogP contribution is 2.33. The van der Waals surface area contributed by atoms with Crippen LogP contribution in [0.1, 0.15) is 44.5 Å². The van der Waals surface area contributed by atoms with Crippen LogP contribution in [0.3, 0.4) is 0 Å². The molecule has 1 unspecified atom stereocenters. The molecule has 1 heterocycles. The van der Waals surface area contributed by atoms with Gasteiger partial charge < -0.3 is 14.8 Å². The van der Waals surface area contributed by atoms with Crippen molar-refractivity contribution in [2.24, 2.45) is 5.92 Å². The fourth-order valence-corrected chi connectivity index (χ4v) is 4.30. The molecule has 0 bridgehead atoms. The molecule has 0 aliphatic heterocycles. The van der Waals surface area contributed by atoms with Gasteiger partial charge in [0.15, 0.2) is 6.61 Å². The van der Waals surface area contributed by atoms with Gasteiger partial charge in [0.25, 0.3) is 5.91 Å². The molecule has 1 aliphatic rings. The number of ether oxygens (including phenoxy) is 2. The number of amides is 1. The van der Waals surface area contributed by atoms with Gasteiger partial charge in [-0.3, -0.25) is 4.79 Å². The van der Waals surface area contributed by atoms with Gasteiger partial charge in [-0.05, 0) is 55.0 Å². The summed E-state index contributed by atoms with van der Waals surface area (Å²) in [5.74, 6) is -0.711. The van der Waals surface area contributed by atoms with Crippen molar-refractivity contribution in [1.29, 1.82) is 0 Å². The van der Waals surface area contributed by atoms with Crippen LogP contribution in [0.2, 0.25) is 0 Å². The number of anilines is 1. The Balaban J connectivity index is 1.53. The zero-order valence-corrected chi connectivity index (χ0v) is 16.1. The summed E-state index contributed by atoms with van der Waals surface area (Å²) < 4.78 is 9.79. The van der Waals surface area contributed by atoms with Crippen LogP contribution >= 0.6 is 11.3 Å². The van der Waals surface area contributed by atoms with E-state index in [9.17, 15) is 14.4 Å². The molecular formula is C20H21NO5S. The number of esters is 2. The fraction of sp³-hybridized carbons (Fsp3) is 0.350. The van der Waals surface area contributed by atoms with Gasteiger partial charge in [0, 0.05) is 15.9 Å². The molecule has 1 aromatic carbocycles. The average molecular weight is 387 g/mol. The Hall–Kier alpha value is -2.67. The first kappa shape index (κ1) is 19.1. The SMILES string of the molecule is COC(=O)c1ccc(NC(=O)COC(=O)c2csc3c2CCC(C)C3)cc1. The molecule has 6 nitrogen and oxygen atoms in total. The topological polar surface area (TPSA) is 81.7 Å². The number of fused-ring (bicyclic) bond motifs is 1. The van der Waals surface area contributed by atoms with E-state index in [2.05, 4.69) is 17.0 Å². The van der Waals surface area contributed by atoms with Crippen molar-refractivity contribution in [2.45, 2.75) is 26.2 Å². The lowest BCUT2D eigenvalue weighted by molar-refractivity contribution is -0.119. The molecule has 0 fully saturated rings. The van der Waals surface area contributed by atoms with Crippen LogP contribution < -0.4 is 5.32 Å². The Morgan fingerprint density at radius 1 is 1.19 bits per heavy atom. The molecule has 1 aliphatic carbocycles. The van der Waals surface area contributed by atoms with Crippen LogP contribution in [-0.2, 0) is 27.1 Å². The molecule has 1 aromatic heterocycles. The monoisotopic (exact) mass is 387 g/mol. The number of hydrogen-bond donors (Lipinski definition) is 1. The predicted octanol–water partition coefficient (Wildman–Crippen LogP) is 3.46. The zero-order chi connectivity index (χ0) is 19.4. The van der Waals surface area contributed by atoms with Crippen molar-refractivity contribution in [3.63, 3.8) is 0 Å². The van der Waals surface area contributed by atoms with Crippen LogP contribution in [0, 0.1) is 5.92 Å². The van der Waals surface area contributed by atoms with Crippen molar-refractivity contribution in [3.8, 4) is 0 Å². The summed E-state index contributed by atoms with van der Waals surface area (Å²) in [5, 5.41) is 4.46. The van der Waals surface area contributed by atoms with Crippen molar-refractivity contribution < 1.29 is 23.9 Å². The highest BCUT2D eigenvalue weighted by atomic mass is 32.1. The lowest BCUT2D eigenvalue weighted by atomic mass is 9.88. The molecule has 2 aromatic rings. The van der Waals surface area contributed by atoms with Crippen molar-refractivity contribution in [1.82, 2.24) is 0 Å². The minimum Gasteiger partial charge on any atom is -0.465 e. The molecule has 0 radical (unpaired) electrons. The molecule has 27 heavy (non-hydrogen) atoms.